The minimum Gasteiger partial charge on any atom is -0.379 e. The number of urea groups is 1. The quantitative estimate of drug-likeness (QED) is 0.311. The van der Waals surface area contributed by atoms with E-state index in [4.69, 9.17) is 4.74 Å². The SMILES string of the molecule is Cc1ccsc1CN(Cc1ccc(F)cc1)C(=O)CN(CCN1CCOCC1)C(=O)Nc1cccc(C(F)(F)F)c1. The lowest BCUT2D eigenvalue weighted by atomic mass is 10.2. The third-order valence-electron chi connectivity index (χ3n) is 6.79. The molecule has 1 aromatic heterocycles. The van der Waals surface area contributed by atoms with E-state index in [9.17, 15) is 27.2 Å². The number of carbonyl (C=O) groups excluding carboxylic acids is 2. The molecule has 0 spiro atoms. The number of amides is 3. The zero-order chi connectivity index (χ0) is 29.4. The summed E-state index contributed by atoms with van der Waals surface area (Å²) in [5.74, 6) is -0.732. The molecule has 41 heavy (non-hydrogen) atoms. The highest BCUT2D eigenvalue weighted by Gasteiger charge is 2.31. The summed E-state index contributed by atoms with van der Waals surface area (Å²) in [7, 11) is 0. The van der Waals surface area contributed by atoms with E-state index in [2.05, 4.69) is 10.2 Å². The number of rotatable bonds is 10. The van der Waals surface area contributed by atoms with Gasteiger partial charge < -0.3 is 19.9 Å². The second kappa shape index (κ2) is 13.9. The van der Waals surface area contributed by atoms with Gasteiger partial charge in [0.2, 0.25) is 5.91 Å². The Hall–Kier alpha value is -3.48. The van der Waals surface area contributed by atoms with Crippen LogP contribution in [-0.4, -0.2) is 72.6 Å². The second-order valence-electron chi connectivity index (χ2n) is 9.79. The predicted octanol–water partition coefficient (Wildman–Crippen LogP) is 5.61. The number of thiophene rings is 1. The highest BCUT2D eigenvalue weighted by molar-refractivity contribution is 7.10. The van der Waals surface area contributed by atoms with Crippen LogP contribution in [0.2, 0.25) is 0 Å². The number of nitrogens with zero attached hydrogens (tertiary/aromatic N) is 3. The fraction of sp³-hybridized carbons (Fsp3) is 0.379. The van der Waals surface area contributed by atoms with Crippen molar-refractivity contribution in [3.05, 3.63) is 87.4 Å². The van der Waals surface area contributed by atoms with E-state index in [1.807, 2.05) is 18.4 Å². The van der Waals surface area contributed by atoms with Gasteiger partial charge in [-0.3, -0.25) is 9.69 Å². The van der Waals surface area contributed by atoms with E-state index >= 15 is 0 Å². The van der Waals surface area contributed by atoms with Crippen molar-refractivity contribution in [3.8, 4) is 0 Å². The van der Waals surface area contributed by atoms with Crippen LogP contribution in [0, 0.1) is 12.7 Å². The first-order valence-electron chi connectivity index (χ1n) is 13.2. The molecule has 2 heterocycles. The predicted molar refractivity (Wildman–Crippen MR) is 149 cm³/mol. The minimum absolute atomic E-state index is 0.0222. The first-order valence-corrected chi connectivity index (χ1v) is 14.0. The molecule has 1 N–H and O–H groups in total. The van der Waals surface area contributed by atoms with Crippen LogP contribution in [-0.2, 0) is 28.8 Å². The fourth-order valence-corrected chi connectivity index (χ4v) is 5.28. The number of carbonyl (C=O) groups is 2. The molecule has 2 aromatic carbocycles. The number of alkyl halides is 3. The normalized spacial score (nSPS) is 14.1. The summed E-state index contributed by atoms with van der Waals surface area (Å²) >= 11 is 1.51. The highest BCUT2D eigenvalue weighted by Crippen LogP contribution is 2.30. The molecular weight excluding hydrogens is 560 g/mol. The van der Waals surface area contributed by atoms with Crippen molar-refractivity contribution < 1.29 is 31.9 Å². The van der Waals surface area contributed by atoms with Gasteiger partial charge in [0.25, 0.3) is 0 Å². The molecule has 1 fully saturated rings. The van der Waals surface area contributed by atoms with Crippen LogP contribution < -0.4 is 5.32 Å². The molecule has 220 valence electrons. The van der Waals surface area contributed by atoms with Crippen molar-refractivity contribution in [1.82, 2.24) is 14.7 Å². The standard InChI is InChI=1S/C29H32F4N4O3S/c1-21-9-16-41-26(21)19-37(18-22-5-7-24(30)8-6-22)27(38)20-36(11-10-35-12-14-40-15-13-35)28(39)34-25-4-2-3-23(17-25)29(31,32)33/h2-9,16-17H,10-15,18-20H2,1H3,(H,34,39). The monoisotopic (exact) mass is 592 g/mol. The Kier molecular flexibility index (Phi) is 10.4. The number of nitrogens with one attached hydrogen (secondary N) is 1. The molecule has 0 radical (unpaired) electrons. The Morgan fingerprint density at radius 1 is 1.02 bits per heavy atom. The molecule has 0 saturated carbocycles. The Morgan fingerprint density at radius 2 is 1.76 bits per heavy atom. The maximum absolute atomic E-state index is 13.7. The number of halogens is 4. The van der Waals surface area contributed by atoms with Gasteiger partial charge in [-0.05, 0) is 59.8 Å². The van der Waals surface area contributed by atoms with Crippen LogP contribution in [0.3, 0.4) is 0 Å². The number of benzene rings is 2. The molecule has 3 amide bonds. The highest BCUT2D eigenvalue weighted by atomic mass is 32.1. The largest absolute Gasteiger partial charge is 0.416 e. The zero-order valence-electron chi connectivity index (χ0n) is 22.6. The van der Waals surface area contributed by atoms with Crippen LogP contribution >= 0.6 is 11.3 Å². The molecule has 12 heteroatoms. The summed E-state index contributed by atoms with van der Waals surface area (Å²) in [5.41, 5.74) is 0.842. The maximum Gasteiger partial charge on any atom is 0.416 e. The topological polar surface area (TPSA) is 65.1 Å². The number of anilines is 1. The molecule has 7 nitrogen and oxygen atoms in total. The zero-order valence-corrected chi connectivity index (χ0v) is 23.4. The fourth-order valence-electron chi connectivity index (χ4n) is 4.36. The maximum atomic E-state index is 13.7. The van der Waals surface area contributed by atoms with Gasteiger partial charge >= 0.3 is 12.2 Å². The van der Waals surface area contributed by atoms with Crippen LogP contribution in [0.15, 0.2) is 60.0 Å². The second-order valence-corrected chi connectivity index (χ2v) is 10.8. The van der Waals surface area contributed by atoms with E-state index < -0.39 is 17.8 Å². The molecule has 0 bridgehead atoms. The third-order valence-corrected chi connectivity index (χ3v) is 7.79. The van der Waals surface area contributed by atoms with Crippen LogP contribution in [0.4, 0.5) is 28.0 Å². The van der Waals surface area contributed by atoms with Crippen molar-refractivity contribution in [3.63, 3.8) is 0 Å². The van der Waals surface area contributed by atoms with Crippen molar-refractivity contribution >= 4 is 29.0 Å². The van der Waals surface area contributed by atoms with E-state index in [-0.39, 0.29) is 37.0 Å². The Labute approximate surface area is 240 Å². The molecule has 0 aliphatic carbocycles. The van der Waals surface area contributed by atoms with Crippen LogP contribution in [0.25, 0.3) is 0 Å². The van der Waals surface area contributed by atoms with E-state index in [0.717, 1.165) is 28.1 Å². The van der Waals surface area contributed by atoms with Gasteiger partial charge in [-0.2, -0.15) is 13.2 Å². The van der Waals surface area contributed by atoms with Gasteiger partial charge in [0, 0.05) is 43.3 Å². The molecular formula is C29H32F4N4O3S. The van der Waals surface area contributed by atoms with Gasteiger partial charge in [-0.15, -0.1) is 11.3 Å². The van der Waals surface area contributed by atoms with E-state index in [0.29, 0.717) is 39.4 Å². The molecule has 4 rings (SSSR count). The summed E-state index contributed by atoms with van der Waals surface area (Å²) < 4.78 is 58.6. The Morgan fingerprint density at radius 3 is 2.41 bits per heavy atom. The average molecular weight is 593 g/mol. The van der Waals surface area contributed by atoms with Gasteiger partial charge in [0.1, 0.15) is 12.4 Å². The van der Waals surface area contributed by atoms with Crippen molar-refractivity contribution in [2.45, 2.75) is 26.2 Å². The van der Waals surface area contributed by atoms with Crippen molar-refractivity contribution in [1.29, 1.82) is 0 Å². The first kappa shape index (κ1) is 30.5. The van der Waals surface area contributed by atoms with Crippen molar-refractivity contribution in [2.24, 2.45) is 0 Å². The summed E-state index contributed by atoms with van der Waals surface area (Å²) in [4.78, 5) is 33.1. The van der Waals surface area contributed by atoms with Gasteiger partial charge in [0.05, 0.1) is 25.3 Å². The smallest absolute Gasteiger partial charge is 0.379 e. The lowest BCUT2D eigenvalue weighted by molar-refractivity contribution is -0.137. The third kappa shape index (κ3) is 9.00. The molecule has 0 atom stereocenters. The Balaban J connectivity index is 1.53. The molecule has 1 aliphatic rings. The number of ether oxygens (including phenoxy) is 1. The van der Waals surface area contributed by atoms with Crippen LogP contribution in [0.1, 0.15) is 21.6 Å². The molecule has 1 aliphatic heterocycles. The summed E-state index contributed by atoms with van der Waals surface area (Å²) in [6, 6.07) is 11.5. The van der Waals surface area contributed by atoms with E-state index in [1.165, 1.54) is 40.5 Å². The average Bonchev–Trinajstić information content (AvgIpc) is 3.35. The number of hydrogen-bond acceptors (Lipinski definition) is 5. The molecule has 3 aromatic rings. The first-order chi connectivity index (χ1) is 19.6. The van der Waals surface area contributed by atoms with E-state index in [1.54, 1.807) is 17.0 Å². The van der Waals surface area contributed by atoms with Gasteiger partial charge in [-0.1, -0.05) is 18.2 Å². The summed E-state index contributed by atoms with van der Waals surface area (Å²) in [5, 5.41) is 4.46. The van der Waals surface area contributed by atoms with Crippen molar-refractivity contribution in [2.75, 3.05) is 51.3 Å². The van der Waals surface area contributed by atoms with Gasteiger partial charge in [0.15, 0.2) is 0 Å². The Bertz CT molecular complexity index is 1310. The lowest BCUT2D eigenvalue weighted by Crippen LogP contribution is -2.48. The molecule has 0 unspecified atom stereocenters. The summed E-state index contributed by atoms with van der Waals surface area (Å²) in [6.07, 6.45) is -4.56. The lowest BCUT2D eigenvalue weighted by Gasteiger charge is -2.31. The number of hydrogen-bond donors (Lipinski definition) is 1. The number of aryl methyl sites for hydroxylation is 1. The number of morpholine rings is 1. The summed E-state index contributed by atoms with van der Waals surface area (Å²) in [6.45, 7) is 5.26. The van der Waals surface area contributed by atoms with Crippen LogP contribution in [0.5, 0.6) is 0 Å². The minimum atomic E-state index is -4.56. The molecule has 1 saturated heterocycles. The van der Waals surface area contributed by atoms with Gasteiger partial charge in [-0.25, -0.2) is 9.18 Å².